The van der Waals surface area contributed by atoms with E-state index in [-0.39, 0.29) is 34.9 Å². The van der Waals surface area contributed by atoms with Crippen molar-refractivity contribution in [1.82, 2.24) is 5.32 Å². The van der Waals surface area contributed by atoms with Gasteiger partial charge in [0.2, 0.25) is 0 Å². The monoisotopic (exact) mass is 542 g/mol. The molecule has 0 fully saturated rings. The molecule has 0 aromatic heterocycles. The van der Waals surface area contributed by atoms with E-state index in [9.17, 15) is 49.1 Å². The first-order valence-electron chi connectivity index (χ1n) is 10.1. The fraction of sp³-hybridized carbons (Fsp3) is 0.318. The lowest BCUT2D eigenvalue weighted by Gasteiger charge is -2.30. The van der Waals surface area contributed by atoms with Crippen molar-refractivity contribution < 1.29 is 59.0 Å². The zero-order valence-corrected chi connectivity index (χ0v) is 18.4. The van der Waals surface area contributed by atoms with Crippen molar-refractivity contribution in [3.8, 4) is 0 Å². The van der Waals surface area contributed by atoms with Crippen LogP contribution >= 0.6 is 0 Å². The SMILES string of the molecule is Cc1cc(C2=NOC(c3cc(C(F)(F)F)cc(C(F)(F)F)c3)(C(F)(F)F)C2)ccc1C(=O)NCC(=O)O. The molecule has 2 aromatic carbocycles. The average molecular weight is 542 g/mol. The summed E-state index contributed by atoms with van der Waals surface area (Å²) in [4.78, 5) is 27.2. The second-order valence-corrected chi connectivity index (χ2v) is 8.03. The minimum absolute atomic E-state index is 0.0284. The Morgan fingerprint density at radius 1 is 0.973 bits per heavy atom. The van der Waals surface area contributed by atoms with Crippen LogP contribution in [0.1, 0.15) is 44.6 Å². The van der Waals surface area contributed by atoms with Gasteiger partial charge in [-0.05, 0) is 48.4 Å². The molecular formula is C22H15F9N2O4. The number of halogens is 9. The maximum atomic E-state index is 14.2. The van der Waals surface area contributed by atoms with Crippen LogP contribution in [0.4, 0.5) is 39.5 Å². The highest BCUT2D eigenvalue weighted by Crippen LogP contribution is 2.50. The molecule has 0 spiro atoms. The molecule has 15 heteroatoms. The molecule has 200 valence electrons. The molecule has 3 rings (SSSR count). The van der Waals surface area contributed by atoms with Gasteiger partial charge in [-0.3, -0.25) is 9.59 Å². The third-order valence-electron chi connectivity index (χ3n) is 5.44. The first-order chi connectivity index (χ1) is 16.8. The van der Waals surface area contributed by atoms with Crippen molar-refractivity contribution in [3.63, 3.8) is 0 Å². The summed E-state index contributed by atoms with van der Waals surface area (Å²) in [5.41, 5.74) is -9.37. The fourth-order valence-corrected chi connectivity index (χ4v) is 3.60. The summed E-state index contributed by atoms with van der Waals surface area (Å²) in [6.07, 6.45) is -17.5. The van der Waals surface area contributed by atoms with E-state index < -0.39 is 71.4 Å². The average Bonchev–Trinajstić information content (AvgIpc) is 3.23. The van der Waals surface area contributed by atoms with Crippen LogP contribution in [0.3, 0.4) is 0 Å². The van der Waals surface area contributed by atoms with Crippen molar-refractivity contribution in [1.29, 1.82) is 0 Å². The quantitative estimate of drug-likeness (QED) is 0.494. The number of rotatable bonds is 5. The van der Waals surface area contributed by atoms with Crippen molar-refractivity contribution in [2.45, 2.75) is 37.5 Å². The van der Waals surface area contributed by atoms with Gasteiger partial charge in [0.15, 0.2) is 0 Å². The second kappa shape index (κ2) is 9.27. The van der Waals surface area contributed by atoms with Crippen LogP contribution < -0.4 is 5.32 Å². The Kier molecular flexibility index (Phi) is 6.96. The molecule has 6 nitrogen and oxygen atoms in total. The zero-order valence-electron chi connectivity index (χ0n) is 18.4. The van der Waals surface area contributed by atoms with Crippen LogP contribution in [0.5, 0.6) is 0 Å². The minimum atomic E-state index is -5.49. The number of hydrogen-bond donors (Lipinski definition) is 2. The summed E-state index contributed by atoms with van der Waals surface area (Å²) >= 11 is 0. The van der Waals surface area contributed by atoms with E-state index >= 15 is 0 Å². The van der Waals surface area contributed by atoms with Gasteiger partial charge in [0.05, 0.1) is 16.8 Å². The molecule has 2 aromatic rings. The summed E-state index contributed by atoms with van der Waals surface area (Å²) < 4.78 is 122. The number of hydrogen-bond acceptors (Lipinski definition) is 4. The molecule has 0 saturated heterocycles. The van der Waals surface area contributed by atoms with Gasteiger partial charge in [0, 0.05) is 17.5 Å². The first kappa shape index (κ1) is 27.8. The Labute approximate surface area is 201 Å². The molecule has 0 aliphatic carbocycles. The Morgan fingerprint density at radius 3 is 2.00 bits per heavy atom. The van der Waals surface area contributed by atoms with Crippen LogP contribution in [0.2, 0.25) is 0 Å². The van der Waals surface area contributed by atoms with E-state index in [4.69, 9.17) is 5.11 Å². The number of alkyl halides is 9. The van der Waals surface area contributed by atoms with Crippen molar-refractivity contribution in [2.75, 3.05) is 6.54 Å². The van der Waals surface area contributed by atoms with E-state index in [1.807, 2.05) is 0 Å². The predicted octanol–water partition coefficient (Wildman–Crippen LogP) is 5.43. The number of carboxylic acids is 1. The highest BCUT2D eigenvalue weighted by atomic mass is 19.4. The number of aliphatic carboxylic acids is 1. The summed E-state index contributed by atoms with van der Waals surface area (Å²) in [5.74, 6) is -2.13. The molecule has 0 radical (unpaired) electrons. The maximum Gasteiger partial charge on any atom is 0.435 e. The summed E-state index contributed by atoms with van der Waals surface area (Å²) in [6.45, 7) is 0.667. The van der Waals surface area contributed by atoms with Gasteiger partial charge in [0.1, 0.15) is 6.54 Å². The smallest absolute Gasteiger partial charge is 0.435 e. The minimum Gasteiger partial charge on any atom is -0.480 e. The van der Waals surface area contributed by atoms with Gasteiger partial charge in [-0.1, -0.05) is 11.2 Å². The molecule has 1 amide bonds. The molecule has 1 aliphatic heterocycles. The second-order valence-electron chi connectivity index (χ2n) is 8.03. The number of nitrogens with one attached hydrogen (secondary N) is 1. The highest BCUT2D eigenvalue weighted by molar-refractivity contribution is 6.04. The standard InChI is InChI=1S/C22H15F9N2O4/c1-10-4-11(2-3-15(10)18(36)32-9-17(34)35)16-8-19(37-33-16,22(29,30)31)12-5-13(20(23,24)25)7-14(6-12)21(26,27)28/h2-7H,8-9H2,1H3,(H,32,36)(H,34,35). The lowest BCUT2D eigenvalue weighted by Crippen LogP contribution is -2.43. The van der Waals surface area contributed by atoms with Gasteiger partial charge in [0.25, 0.3) is 11.5 Å². The summed E-state index contributed by atoms with van der Waals surface area (Å²) in [7, 11) is 0. The largest absolute Gasteiger partial charge is 0.480 e. The molecule has 0 bridgehead atoms. The molecule has 2 N–H and O–H groups in total. The summed E-state index contributed by atoms with van der Waals surface area (Å²) in [6, 6.07) is 3.03. The van der Waals surface area contributed by atoms with Crippen molar-refractivity contribution in [2.24, 2.45) is 5.16 Å². The van der Waals surface area contributed by atoms with Gasteiger partial charge in [-0.2, -0.15) is 39.5 Å². The van der Waals surface area contributed by atoms with E-state index in [2.05, 4.69) is 15.3 Å². The first-order valence-corrected chi connectivity index (χ1v) is 10.1. The Morgan fingerprint density at radius 2 is 1.54 bits per heavy atom. The Hall–Kier alpha value is -3.78. The number of nitrogens with zero attached hydrogens (tertiary/aromatic N) is 1. The Bertz CT molecular complexity index is 1230. The van der Waals surface area contributed by atoms with Gasteiger partial charge < -0.3 is 15.3 Å². The third kappa shape index (κ3) is 5.64. The van der Waals surface area contributed by atoms with Crippen molar-refractivity contribution in [3.05, 3.63) is 69.8 Å². The number of aryl methyl sites for hydroxylation is 1. The lowest BCUT2D eigenvalue weighted by atomic mass is 9.84. The van der Waals surface area contributed by atoms with E-state index in [0.29, 0.717) is 0 Å². The number of oxime groups is 1. The molecule has 0 saturated carbocycles. The van der Waals surface area contributed by atoms with Gasteiger partial charge in [-0.15, -0.1) is 0 Å². The molecule has 37 heavy (non-hydrogen) atoms. The van der Waals surface area contributed by atoms with E-state index in [1.165, 1.54) is 13.0 Å². The number of carbonyl (C=O) groups is 2. The maximum absolute atomic E-state index is 14.2. The molecule has 1 unspecified atom stereocenters. The zero-order chi connectivity index (χ0) is 28.0. The fourth-order valence-electron chi connectivity index (χ4n) is 3.60. The van der Waals surface area contributed by atoms with Gasteiger partial charge in [-0.25, -0.2) is 0 Å². The normalized spacial score (nSPS) is 18.3. The van der Waals surface area contributed by atoms with Crippen LogP contribution in [0, 0.1) is 6.92 Å². The number of carbonyl (C=O) groups excluding carboxylic acids is 1. The van der Waals surface area contributed by atoms with Crippen molar-refractivity contribution >= 4 is 17.6 Å². The molecule has 1 aliphatic rings. The highest BCUT2D eigenvalue weighted by Gasteiger charge is 2.63. The lowest BCUT2D eigenvalue weighted by molar-refractivity contribution is -0.276. The predicted molar refractivity (Wildman–Crippen MR) is 108 cm³/mol. The van der Waals surface area contributed by atoms with Gasteiger partial charge >= 0.3 is 24.5 Å². The van der Waals surface area contributed by atoms with Crippen LogP contribution in [-0.2, 0) is 27.6 Å². The number of benzene rings is 2. The third-order valence-corrected chi connectivity index (χ3v) is 5.44. The van der Waals surface area contributed by atoms with Crippen LogP contribution in [-0.4, -0.2) is 35.4 Å². The van der Waals surface area contributed by atoms with E-state index in [1.54, 1.807) is 0 Å². The molecule has 1 heterocycles. The van der Waals surface area contributed by atoms with Crippen LogP contribution in [0.25, 0.3) is 0 Å². The topological polar surface area (TPSA) is 88.0 Å². The Balaban J connectivity index is 2.03. The summed E-state index contributed by atoms with van der Waals surface area (Å²) in [5, 5.41) is 14.0. The number of amides is 1. The van der Waals surface area contributed by atoms with E-state index in [0.717, 1.165) is 12.1 Å². The molecule has 1 atom stereocenters. The number of carboxylic acid groups (broad SMARTS) is 1. The van der Waals surface area contributed by atoms with Crippen LogP contribution in [0.15, 0.2) is 41.6 Å². The molecular weight excluding hydrogens is 527 g/mol.